The number of halogens is 1. The quantitative estimate of drug-likeness (QED) is 0.544. The third-order valence-corrected chi connectivity index (χ3v) is 4.86. The lowest BCUT2D eigenvalue weighted by atomic mass is 9.99. The molecule has 2 aliphatic heterocycles. The normalized spacial score (nSPS) is 19.9. The zero-order valence-corrected chi connectivity index (χ0v) is 15.5. The summed E-state index contributed by atoms with van der Waals surface area (Å²) in [6.45, 7) is 3.99. The summed E-state index contributed by atoms with van der Waals surface area (Å²) in [5.74, 6) is -3.62. The molecule has 1 saturated heterocycles. The van der Waals surface area contributed by atoms with Gasteiger partial charge in [0.25, 0.3) is 11.8 Å². The first-order valence-electron chi connectivity index (χ1n) is 7.97. The lowest BCUT2D eigenvalue weighted by Crippen LogP contribution is -2.49. The molecule has 1 aromatic carbocycles. The van der Waals surface area contributed by atoms with Gasteiger partial charge in [-0.2, -0.15) is 0 Å². The molecule has 0 N–H and O–H groups in total. The van der Waals surface area contributed by atoms with Crippen LogP contribution in [0, 0.1) is 5.92 Å². The van der Waals surface area contributed by atoms with Crippen molar-refractivity contribution in [2.24, 2.45) is 5.92 Å². The van der Waals surface area contributed by atoms with Crippen LogP contribution in [0.15, 0.2) is 22.7 Å². The topological polar surface area (TPSA) is 82.1 Å². The number of nitrogens with zero attached hydrogens (tertiary/aromatic N) is 1. The Labute approximate surface area is 153 Å². The molecule has 0 spiro atoms. The molecule has 2 aliphatic rings. The molecule has 2 amide bonds. The zero-order valence-electron chi connectivity index (χ0n) is 13.9. The highest BCUT2D eigenvalue weighted by Crippen LogP contribution is 2.33. The number of ether oxygens (including phenoxy) is 3. The Bertz CT molecular complexity index is 728. The maximum Gasteiger partial charge on any atom is 0.316 e. The Hall–Kier alpha value is -1.77. The second-order valence-electron chi connectivity index (χ2n) is 5.93. The zero-order chi connectivity index (χ0) is 18.2. The molecule has 0 bridgehead atoms. The summed E-state index contributed by atoms with van der Waals surface area (Å²) < 4.78 is 16.9. The number of imide groups is 1. The minimum atomic E-state index is -1.23. The van der Waals surface area contributed by atoms with Crippen molar-refractivity contribution in [3.63, 3.8) is 0 Å². The summed E-state index contributed by atoms with van der Waals surface area (Å²) in [6.07, 6.45) is 0. The molecule has 0 radical (unpaired) electrons. The van der Waals surface area contributed by atoms with Gasteiger partial charge in [0.1, 0.15) is 5.92 Å². The average Bonchev–Trinajstić information content (AvgIpc) is 3.10. The Morgan fingerprint density at radius 3 is 2.56 bits per heavy atom. The summed E-state index contributed by atoms with van der Waals surface area (Å²) in [5.41, 5.74) is 0.620. The molecule has 0 aliphatic carbocycles. The van der Waals surface area contributed by atoms with Crippen LogP contribution in [0.3, 0.4) is 0 Å². The minimum Gasteiger partial charge on any atom is -0.466 e. The predicted molar refractivity (Wildman–Crippen MR) is 89.9 cm³/mol. The lowest BCUT2D eigenvalue weighted by Gasteiger charge is -2.32. The number of esters is 1. The molecule has 8 heteroatoms. The van der Waals surface area contributed by atoms with Crippen LogP contribution in [0.2, 0.25) is 0 Å². The Kier molecular flexibility index (Phi) is 4.95. The molecular weight excluding hydrogens is 394 g/mol. The smallest absolute Gasteiger partial charge is 0.316 e. The van der Waals surface area contributed by atoms with Gasteiger partial charge in [-0.15, -0.1) is 0 Å². The summed E-state index contributed by atoms with van der Waals surface area (Å²) in [5, 5.41) is 0. The van der Waals surface area contributed by atoms with Crippen LogP contribution in [0.5, 0.6) is 0 Å². The molecule has 1 unspecified atom stereocenters. The maximum atomic E-state index is 12.6. The van der Waals surface area contributed by atoms with Crippen molar-refractivity contribution in [3.8, 4) is 0 Å². The van der Waals surface area contributed by atoms with E-state index in [4.69, 9.17) is 14.2 Å². The second kappa shape index (κ2) is 6.86. The third-order valence-electron chi connectivity index (χ3n) is 4.36. The number of carbonyl (C=O) groups excluding carboxylic acids is 3. The van der Waals surface area contributed by atoms with E-state index in [1.54, 1.807) is 32.0 Å². The van der Waals surface area contributed by atoms with Gasteiger partial charge in [0.15, 0.2) is 5.79 Å². The molecule has 25 heavy (non-hydrogen) atoms. The molecule has 1 aromatic rings. The number of benzene rings is 1. The van der Waals surface area contributed by atoms with Crippen LogP contribution >= 0.6 is 15.9 Å². The number of carbonyl (C=O) groups is 3. The van der Waals surface area contributed by atoms with Crippen LogP contribution in [0.4, 0.5) is 0 Å². The van der Waals surface area contributed by atoms with Gasteiger partial charge in [-0.25, -0.2) is 0 Å². The number of fused-ring (bicyclic) bond motifs is 1. The Morgan fingerprint density at radius 1 is 1.28 bits per heavy atom. The van der Waals surface area contributed by atoms with Crippen molar-refractivity contribution in [1.82, 2.24) is 4.90 Å². The number of rotatable bonds is 5. The first-order chi connectivity index (χ1) is 11.9. The summed E-state index contributed by atoms with van der Waals surface area (Å²) in [4.78, 5) is 38.7. The monoisotopic (exact) mass is 411 g/mol. The van der Waals surface area contributed by atoms with Crippen LogP contribution < -0.4 is 0 Å². The fraction of sp³-hybridized carbons (Fsp3) is 0.471. The van der Waals surface area contributed by atoms with Crippen LogP contribution in [-0.2, 0) is 19.0 Å². The predicted octanol–water partition coefficient (Wildman–Crippen LogP) is 1.99. The van der Waals surface area contributed by atoms with Gasteiger partial charge in [-0.3, -0.25) is 19.3 Å². The summed E-state index contributed by atoms with van der Waals surface area (Å²) >= 11 is 3.29. The van der Waals surface area contributed by atoms with Crippen molar-refractivity contribution >= 4 is 33.7 Å². The Morgan fingerprint density at radius 2 is 1.92 bits per heavy atom. The highest BCUT2D eigenvalue weighted by atomic mass is 79.9. The van der Waals surface area contributed by atoms with E-state index < -0.39 is 29.5 Å². The van der Waals surface area contributed by atoms with E-state index in [0.717, 1.165) is 4.90 Å². The van der Waals surface area contributed by atoms with Crippen molar-refractivity contribution in [2.75, 3.05) is 26.4 Å². The van der Waals surface area contributed by atoms with E-state index in [0.29, 0.717) is 28.8 Å². The molecule has 134 valence electrons. The Balaban J connectivity index is 1.89. The molecule has 0 saturated carbocycles. The molecular formula is C17H18BrNO6. The fourth-order valence-electron chi connectivity index (χ4n) is 3.04. The molecule has 1 fully saturated rings. The largest absolute Gasteiger partial charge is 0.466 e. The standard InChI is InChI=1S/C17H18BrNO6/c1-3-23-16(22)13(17(2)24-6-7-25-17)9-19-14(20)11-5-4-10(18)8-12(11)15(19)21/h4-5,8,13H,3,6-7,9H2,1-2H3. The van der Waals surface area contributed by atoms with Gasteiger partial charge in [0.2, 0.25) is 0 Å². The number of amides is 2. The molecule has 3 rings (SSSR count). The van der Waals surface area contributed by atoms with Crippen molar-refractivity contribution in [3.05, 3.63) is 33.8 Å². The second-order valence-corrected chi connectivity index (χ2v) is 6.84. The lowest BCUT2D eigenvalue weighted by molar-refractivity contribution is -0.201. The number of hydrogen-bond acceptors (Lipinski definition) is 6. The van der Waals surface area contributed by atoms with Gasteiger partial charge in [0.05, 0.1) is 30.9 Å². The van der Waals surface area contributed by atoms with Gasteiger partial charge in [0, 0.05) is 11.0 Å². The molecule has 2 heterocycles. The van der Waals surface area contributed by atoms with E-state index in [1.165, 1.54) is 0 Å². The first kappa shape index (κ1) is 18.0. The van der Waals surface area contributed by atoms with Gasteiger partial charge < -0.3 is 14.2 Å². The minimum absolute atomic E-state index is 0.167. The first-order valence-corrected chi connectivity index (χ1v) is 8.77. The average molecular weight is 412 g/mol. The van der Waals surface area contributed by atoms with Crippen molar-refractivity contribution in [2.45, 2.75) is 19.6 Å². The van der Waals surface area contributed by atoms with Crippen LogP contribution in [-0.4, -0.2) is 54.8 Å². The van der Waals surface area contributed by atoms with Gasteiger partial charge >= 0.3 is 5.97 Å². The summed E-state index contributed by atoms with van der Waals surface area (Å²) in [7, 11) is 0. The van der Waals surface area contributed by atoms with Gasteiger partial charge in [-0.05, 0) is 32.0 Å². The SMILES string of the molecule is CCOC(=O)C(CN1C(=O)c2ccc(Br)cc2C1=O)C1(C)OCCO1. The van der Waals surface area contributed by atoms with Crippen LogP contribution in [0.1, 0.15) is 34.6 Å². The van der Waals surface area contributed by atoms with Gasteiger partial charge in [-0.1, -0.05) is 15.9 Å². The van der Waals surface area contributed by atoms with E-state index in [2.05, 4.69) is 15.9 Å². The number of hydrogen-bond donors (Lipinski definition) is 0. The molecule has 0 aromatic heterocycles. The van der Waals surface area contributed by atoms with E-state index in [1.807, 2.05) is 0 Å². The highest BCUT2D eigenvalue weighted by Gasteiger charge is 2.49. The van der Waals surface area contributed by atoms with Crippen molar-refractivity contribution in [1.29, 1.82) is 0 Å². The van der Waals surface area contributed by atoms with E-state index >= 15 is 0 Å². The summed E-state index contributed by atoms with van der Waals surface area (Å²) in [6, 6.07) is 4.88. The molecule has 1 atom stereocenters. The highest BCUT2D eigenvalue weighted by molar-refractivity contribution is 9.10. The van der Waals surface area contributed by atoms with E-state index in [-0.39, 0.29) is 13.2 Å². The molecule has 7 nitrogen and oxygen atoms in total. The third kappa shape index (κ3) is 3.21. The fourth-order valence-corrected chi connectivity index (χ4v) is 3.40. The van der Waals surface area contributed by atoms with E-state index in [9.17, 15) is 14.4 Å². The van der Waals surface area contributed by atoms with Crippen molar-refractivity contribution < 1.29 is 28.6 Å². The maximum absolute atomic E-state index is 12.6. The van der Waals surface area contributed by atoms with Crippen LogP contribution in [0.25, 0.3) is 0 Å².